The zero-order valence-corrected chi connectivity index (χ0v) is 16.2. The number of piperazine rings is 1. The van der Waals surface area contributed by atoms with E-state index in [0.29, 0.717) is 30.3 Å². The van der Waals surface area contributed by atoms with E-state index >= 15 is 0 Å². The molecule has 1 amide bonds. The molecule has 0 bridgehead atoms. The van der Waals surface area contributed by atoms with Gasteiger partial charge in [0.1, 0.15) is 5.75 Å². The molecular formula is C19H19ClN2O4S. The first-order valence-corrected chi connectivity index (χ1v) is 10.6. The molecule has 1 saturated heterocycles. The van der Waals surface area contributed by atoms with Crippen LogP contribution in [0.1, 0.15) is 15.9 Å². The molecule has 2 aliphatic rings. The van der Waals surface area contributed by atoms with Gasteiger partial charge < -0.3 is 9.64 Å². The Labute approximate surface area is 163 Å². The van der Waals surface area contributed by atoms with Crippen LogP contribution in [0, 0.1) is 0 Å². The Morgan fingerprint density at radius 3 is 2.56 bits per heavy atom. The average molecular weight is 407 g/mol. The van der Waals surface area contributed by atoms with E-state index in [0.717, 1.165) is 17.7 Å². The summed E-state index contributed by atoms with van der Waals surface area (Å²) in [5, 5.41) is 0.380. The monoisotopic (exact) mass is 406 g/mol. The summed E-state index contributed by atoms with van der Waals surface area (Å²) >= 11 is 5.92. The molecule has 0 aliphatic carbocycles. The maximum atomic E-state index is 12.8. The first-order chi connectivity index (χ1) is 12.9. The zero-order valence-electron chi connectivity index (χ0n) is 14.6. The number of nitrogens with zero attached hydrogens (tertiary/aromatic N) is 2. The summed E-state index contributed by atoms with van der Waals surface area (Å²) in [6, 6.07) is 11.7. The van der Waals surface area contributed by atoms with Gasteiger partial charge in [-0.3, -0.25) is 4.79 Å². The smallest absolute Gasteiger partial charge is 0.253 e. The summed E-state index contributed by atoms with van der Waals surface area (Å²) in [4.78, 5) is 14.6. The number of halogens is 1. The molecule has 0 unspecified atom stereocenters. The standard InChI is InChI=1S/C19H19ClN2O4S/c20-16-2-1-3-17(13-16)27(24,25)22-9-7-21(8-10-22)19(23)15-4-5-18-14(12-15)6-11-26-18/h1-5,12-13H,6-11H2. The minimum Gasteiger partial charge on any atom is -0.493 e. The van der Waals surface area contributed by atoms with E-state index in [4.69, 9.17) is 16.3 Å². The van der Waals surface area contributed by atoms with Gasteiger partial charge in [-0.1, -0.05) is 17.7 Å². The molecule has 0 N–H and O–H groups in total. The topological polar surface area (TPSA) is 66.9 Å². The van der Waals surface area contributed by atoms with Crippen LogP contribution >= 0.6 is 11.6 Å². The van der Waals surface area contributed by atoms with E-state index in [9.17, 15) is 13.2 Å². The zero-order chi connectivity index (χ0) is 19.0. The molecule has 2 aliphatic heterocycles. The van der Waals surface area contributed by atoms with Crippen molar-refractivity contribution in [2.45, 2.75) is 11.3 Å². The lowest BCUT2D eigenvalue weighted by Crippen LogP contribution is -2.50. The number of hydrogen-bond donors (Lipinski definition) is 0. The van der Waals surface area contributed by atoms with Crippen molar-refractivity contribution < 1.29 is 17.9 Å². The van der Waals surface area contributed by atoms with Gasteiger partial charge in [0.05, 0.1) is 11.5 Å². The van der Waals surface area contributed by atoms with Crippen LogP contribution in [0.25, 0.3) is 0 Å². The lowest BCUT2D eigenvalue weighted by Gasteiger charge is -2.34. The van der Waals surface area contributed by atoms with Crippen LogP contribution in [0.3, 0.4) is 0 Å². The van der Waals surface area contributed by atoms with E-state index in [1.165, 1.54) is 16.4 Å². The highest BCUT2D eigenvalue weighted by Gasteiger charge is 2.30. The number of carbonyl (C=O) groups excluding carboxylic acids is 1. The number of fused-ring (bicyclic) bond motifs is 1. The highest BCUT2D eigenvalue weighted by atomic mass is 35.5. The van der Waals surface area contributed by atoms with Gasteiger partial charge in [0.25, 0.3) is 5.91 Å². The van der Waals surface area contributed by atoms with Gasteiger partial charge in [-0.15, -0.1) is 0 Å². The van der Waals surface area contributed by atoms with Gasteiger partial charge in [-0.2, -0.15) is 4.31 Å². The van der Waals surface area contributed by atoms with Crippen molar-refractivity contribution in [2.75, 3.05) is 32.8 Å². The second-order valence-electron chi connectivity index (χ2n) is 6.57. The lowest BCUT2D eigenvalue weighted by molar-refractivity contribution is 0.0698. The number of amides is 1. The van der Waals surface area contributed by atoms with Crippen LogP contribution in [-0.2, 0) is 16.4 Å². The molecule has 8 heteroatoms. The van der Waals surface area contributed by atoms with Crippen molar-refractivity contribution in [1.29, 1.82) is 0 Å². The Bertz CT molecular complexity index is 985. The van der Waals surface area contributed by atoms with Gasteiger partial charge in [0, 0.05) is 43.2 Å². The SMILES string of the molecule is O=C(c1ccc2c(c1)CCO2)N1CCN(S(=O)(=O)c2cccc(Cl)c2)CC1. The van der Waals surface area contributed by atoms with E-state index in [2.05, 4.69) is 0 Å². The van der Waals surface area contributed by atoms with Crippen molar-refractivity contribution in [3.8, 4) is 5.75 Å². The normalized spacial score (nSPS) is 17.4. The summed E-state index contributed by atoms with van der Waals surface area (Å²) in [6.45, 7) is 1.87. The van der Waals surface area contributed by atoms with E-state index in [1.807, 2.05) is 12.1 Å². The van der Waals surface area contributed by atoms with E-state index in [-0.39, 0.29) is 23.9 Å². The first kappa shape index (κ1) is 18.3. The molecule has 4 rings (SSSR count). The van der Waals surface area contributed by atoms with E-state index < -0.39 is 10.0 Å². The van der Waals surface area contributed by atoms with Gasteiger partial charge in [0.15, 0.2) is 0 Å². The van der Waals surface area contributed by atoms with Crippen LogP contribution in [0.4, 0.5) is 0 Å². The molecular weight excluding hydrogens is 388 g/mol. The maximum Gasteiger partial charge on any atom is 0.253 e. The third-order valence-electron chi connectivity index (χ3n) is 4.90. The summed E-state index contributed by atoms with van der Waals surface area (Å²) in [7, 11) is -3.61. The van der Waals surface area contributed by atoms with Crippen LogP contribution < -0.4 is 4.74 Å². The van der Waals surface area contributed by atoms with Gasteiger partial charge in [0.2, 0.25) is 10.0 Å². The minimum atomic E-state index is -3.61. The molecule has 2 aromatic rings. The molecule has 0 atom stereocenters. The molecule has 142 valence electrons. The number of hydrogen-bond acceptors (Lipinski definition) is 4. The summed E-state index contributed by atoms with van der Waals surface area (Å²) in [5.74, 6) is 0.758. The van der Waals surface area contributed by atoms with Crippen molar-refractivity contribution >= 4 is 27.5 Å². The highest BCUT2D eigenvalue weighted by molar-refractivity contribution is 7.89. The minimum absolute atomic E-state index is 0.0792. The molecule has 0 radical (unpaired) electrons. The van der Waals surface area contributed by atoms with Crippen LogP contribution in [-0.4, -0.2) is 56.3 Å². The van der Waals surface area contributed by atoms with Crippen molar-refractivity contribution in [1.82, 2.24) is 9.21 Å². The summed E-state index contributed by atoms with van der Waals surface area (Å²) in [5.41, 5.74) is 1.66. The molecule has 6 nitrogen and oxygen atoms in total. The molecule has 0 saturated carbocycles. The fraction of sp³-hybridized carbons (Fsp3) is 0.316. The number of rotatable bonds is 3. The Morgan fingerprint density at radius 2 is 1.81 bits per heavy atom. The van der Waals surface area contributed by atoms with Gasteiger partial charge in [-0.05, 0) is 42.0 Å². The van der Waals surface area contributed by atoms with Crippen LogP contribution in [0.5, 0.6) is 5.75 Å². The highest BCUT2D eigenvalue weighted by Crippen LogP contribution is 2.27. The molecule has 2 heterocycles. The molecule has 27 heavy (non-hydrogen) atoms. The Hall–Kier alpha value is -2.09. The second-order valence-corrected chi connectivity index (χ2v) is 8.95. The molecule has 0 aromatic heterocycles. The maximum absolute atomic E-state index is 12.8. The predicted octanol–water partition coefficient (Wildman–Crippen LogP) is 2.42. The predicted molar refractivity (Wildman–Crippen MR) is 102 cm³/mol. The van der Waals surface area contributed by atoms with Gasteiger partial charge in [-0.25, -0.2) is 8.42 Å². The number of carbonyl (C=O) groups is 1. The van der Waals surface area contributed by atoms with Gasteiger partial charge >= 0.3 is 0 Å². The average Bonchev–Trinajstić information content (AvgIpc) is 3.15. The van der Waals surface area contributed by atoms with Crippen molar-refractivity contribution in [3.05, 3.63) is 58.6 Å². The Balaban J connectivity index is 1.45. The third kappa shape index (κ3) is 3.54. The van der Waals surface area contributed by atoms with Crippen molar-refractivity contribution in [3.63, 3.8) is 0 Å². The number of ether oxygens (including phenoxy) is 1. The fourth-order valence-corrected chi connectivity index (χ4v) is 5.13. The number of benzene rings is 2. The Morgan fingerprint density at radius 1 is 1.04 bits per heavy atom. The fourth-order valence-electron chi connectivity index (χ4n) is 3.41. The van der Waals surface area contributed by atoms with Crippen LogP contribution in [0.2, 0.25) is 5.02 Å². The number of sulfonamides is 1. The summed E-state index contributed by atoms with van der Waals surface area (Å²) in [6.07, 6.45) is 0.808. The molecule has 1 fully saturated rings. The largest absolute Gasteiger partial charge is 0.493 e. The van der Waals surface area contributed by atoms with E-state index in [1.54, 1.807) is 23.1 Å². The molecule has 2 aromatic carbocycles. The quantitative estimate of drug-likeness (QED) is 0.785. The first-order valence-electron chi connectivity index (χ1n) is 8.76. The summed E-state index contributed by atoms with van der Waals surface area (Å²) < 4.78 is 32.4. The lowest BCUT2D eigenvalue weighted by atomic mass is 10.1. The Kier molecular flexibility index (Phi) is 4.84. The second kappa shape index (κ2) is 7.14. The van der Waals surface area contributed by atoms with Crippen molar-refractivity contribution in [2.24, 2.45) is 0 Å². The van der Waals surface area contributed by atoms with Crippen LogP contribution in [0.15, 0.2) is 47.4 Å². The molecule has 0 spiro atoms. The third-order valence-corrected chi connectivity index (χ3v) is 7.03.